The lowest BCUT2D eigenvalue weighted by atomic mass is 10.0. The van der Waals surface area contributed by atoms with Crippen molar-refractivity contribution in [3.63, 3.8) is 0 Å². The van der Waals surface area contributed by atoms with Crippen LogP contribution in [0.5, 0.6) is 0 Å². The lowest BCUT2D eigenvalue weighted by Crippen LogP contribution is -2.30. The van der Waals surface area contributed by atoms with Crippen molar-refractivity contribution < 1.29 is 14.6 Å². The van der Waals surface area contributed by atoms with Crippen molar-refractivity contribution >= 4 is 5.97 Å². The molecule has 1 unspecified atom stereocenters. The maximum Gasteiger partial charge on any atom is 0.352 e. The van der Waals surface area contributed by atoms with Gasteiger partial charge in [-0.15, -0.1) is 0 Å². The van der Waals surface area contributed by atoms with Gasteiger partial charge < -0.3 is 14.4 Å². The van der Waals surface area contributed by atoms with Gasteiger partial charge in [-0.2, -0.15) is 0 Å². The summed E-state index contributed by atoms with van der Waals surface area (Å²) in [7, 11) is 0. The molecule has 0 spiro atoms. The summed E-state index contributed by atoms with van der Waals surface area (Å²) < 4.78 is 7.38. The van der Waals surface area contributed by atoms with E-state index in [0.29, 0.717) is 12.2 Å². The second kappa shape index (κ2) is 3.70. The van der Waals surface area contributed by atoms with Crippen molar-refractivity contribution in [1.29, 1.82) is 0 Å². The predicted octanol–water partition coefficient (Wildman–Crippen LogP) is 1.76. The highest BCUT2D eigenvalue weighted by atomic mass is 16.5. The van der Waals surface area contributed by atoms with Crippen LogP contribution in [0.3, 0.4) is 0 Å². The number of rotatable bonds is 3. The van der Waals surface area contributed by atoms with Gasteiger partial charge >= 0.3 is 5.97 Å². The molecule has 1 saturated heterocycles. The van der Waals surface area contributed by atoms with Gasteiger partial charge in [0, 0.05) is 12.8 Å². The van der Waals surface area contributed by atoms with Crippen molar-refractivity contribution in [2.24, 2.45) is 0 Å². The summed E-state index contributed by atoms with van der Waals surface area (Å²) in [5.41, 5.74) is 0.121. The molecule has 4 nitrogen and oxygen atoms in total. The predicted molar refractivity (Wildman–Crippen MR) is 55.0 cm³/mol. The molecule has 2 rings (SSSR count). The zero-order chi connectivity index (χ0) is 10.9. The second-order valence-corrected chi connectivity index (χ2v) is 4.23. The molecule has 1 aromatic rings. The van der Waals surface area contributed by atoms with Crippen LogP contribution in [-0.2, 0) is 11.3 Å². The molecule has 0 radical (unpaired) electrons. The van der Waals surface area contributed by atoms with Crippen molar-refractivity contribution in [3.05, 3.63) is 24.0 Å². The van der Waals surface area contributed by atoms with Gasteiger partial charge in [0.15, 0.2) is 0 Å². The van der Waals surface area contributed by atoms with Crippen LogP contribution in [0.1, 0.15) is 30.3 Å². The van der Waals surface area contributed by atoms with E-state index >= 15 is 0 Å². The first-order chi connectivity index (χ1) is 7.11. The first kappa shape index (κ1) is 10.2. The summed E-state index contributed by atoms with van der Waals surface area (Å²) >= 11 is 0. The van der Waals surface area contributed by atoms with Crippen LogP contribution in [0.15, 0.2) is 18.3 Å². The molecule has 1 atom stereocenters. The molecule has 1 aromatic heterocycles. The molecule has 0 bridgehead atoms. The highest BCUT2D eigenvalue weighted by molar-refractivity contribution is 5.85. The van der Waals surface area contributed by atoms with E-state index in [1.54, 1.807) is 22.9 Å². The van der Waals surface area contributed by atoms with Gasteiger partial charge in [-0.3, -0.25) is 0 Å². The van der Waals surface area contributed by atoms with Crippen LogP contribution in [0.4, 0.5) is 0 Å². The number of nitrogens with zero attached hydrogens (tertiary/aromatic N) is 1. The third-order valence-corrected chi connectivity index (χ3v) is 2.85. The van der Waals surface area contributed by atoms with Gasteiger partial charge in [-0.1, -0.05) is 0 Å². The molecule has 0 amide bonds. The number of aromatic carboxylic acids is 1. The Morgan fingerprint density at radius 2 is 2.53 bits per heavy atom. The number of carboxylic acids is 1. The first-order valence-electron chi connectivity index (χ1n) is 5.13. The molecule has 1 fully saturated rings. The lowest BCUT2D eigenvalue weighted by Gasteiger charge is -2.24. The minimum atomic E-state index is -0.887. The van der Waals surface area contributed by atoms with Crippen LogP contribution < -0.4 is 0 Å². The molecule has 0 saturated carbocycles. The molecule has 82 valence electrons. The summed E-state index contributed by atoms with van der Waals surface area (Å²) in [5, 5.41) is 8.95. The maximum absolute atomic E-state index is 10.9. The Morgan fingerprint density at radius 1 is 1.73 bits per heavy atom. The minimum Gasteiger partial charge on any atom is -0.477 e. The normalized spacial score (nSPS) is 25.7. The Labute approximate surface area is 88.5 Å². The molecule has 1 aliphatic heterocycles. The van der Waals surface area contributed by atoms with Crippen molar-refractivity contribution in [2.45, 2.75) is 31.9 Å². The number of hydrogen-bond acceptors (Lipinski definition) is 2. The number of hydrogen-bond donors (Lipinski definition) is 1. The second-order valence-electron chi connectivity index (χ2n) is 4.23. The average molecular weight is 209 g/mol. The highest BCUT2D eigenvalue weighted by Crippen LogP contribution is 2.27. The molecule has 0 aromatic carbocycles. The van der Waals surface area contributed by atoms with Gasteiger partial charge in [-0.25, -0.2) is 4.79 Å². The third kappa shape index (κ3) is 2.04. The summed E-state index contributed by atoms with van der Waals surface area (Å²) in [6.07, 6.45) is 3.83. The minimum absolute atomic E-state index is 0.205. The van der Waals surface area contributed by atoms with Crippen LogP contribution in [0.25, 0.3) is 0 Å². The molecule has 1 aliphatic rings. The van der Waals surface area contributed by atoms with E-state index in [2.05, 4.69) is 0 Å². The smallest absolute Gasteiger partial charge is 0.352 e. The fourth-order valence-corrected chi connectivity index (χ4v) is 2.07. The lowest BCUT2D eigenvalue weighted by molar-refractivity contribution is 0.00555. The standard InChI is InChI=1S/C11H15NO3/c1-11(5-3-7-15-11)8-12-6-2-4-9(12)10(13)14/h2,4,6H,3,5,7-8H2,1H3,(H,13,14). The number of carboxylic acid groups (broad SMARTS) is 1. The largest absolute Gasteiger partial charge is 0.477 e. The van der Waals surface area contributed by atoms with Crippen LogP contribution >= 0.6 is 0 Å². The topological polar surface area (TPSA) is 51.5 Å². The van der Waals surface area contributed by atoms with E-state index in [4.69, 9.17) is 9.84 Å². The molecule has 1 N–H and O–H groups in total. The molecular formula is C11H15NO3. The van der Waals surface area contributed by atoms with Gasteiger partial charge in [0.25, 0.3) is 0 Å². The molecular weight excluding hydrogens is 194 g/mol. The Hall–Kier alpha value is -1.29. The quantitative estimate of drug-likeness (QED) is 0.825. The van der Waals surface area contributed by atoms with E-state index in [1.807, 2.05) is 6.92 Å². The number of carbonyl (C=O) groups is 1. The van der Waals surface area contributed by atoms with Crippen molar-refractivity contribution in [2.75, 3.05) is 6.61 Å². The summed E-state index contributed by atoms with van der Waals surface area (Å²) in [4.78, 5) is 10.9. The van der Waals surface area contributed by atoms with Gasteiger partial charge in [0.1, 0.15) is 5.69 Å². The Morgan fingerprint density at radius 3 is 3.13 bits per heavy atom. The van der Waals surface area contributed by atoms with E-state index in [1.165, 1.54) is 0 Å². The molecule has 15 heavy (non-hydrogen) atoms. The third-order valence-electron chi connectivity index (χ3n) is 2.85. The Kier molecular flexibility index (Phi) is 2.52. The van der Waals surface area contributed by atoms with Crippen molar-refractivity contribution in [3.8, 4) is 0 Å². The SMILES string of the molecule is CC1(Cn2cccc2C(=O)O)CCCO1. The van der Waals surface area contributed by atoms with Crippen molar-refractivity contribution in [1.82, 2.24) is 4.57 Å². The fourth-order valence-electron chi connectivity index (χ4n) is 2.07. The Bertz CT molecular complexity index is 364. The van der Waals surface area contributed by atoms with Crippen LogP contribution in [0, 0.1) is 0 Å². The van der Waals surface area contributed by atoms with E-state index in [0.717, 1.165) is 19.4 Å². The van der Waals surface area contributed by atoms with E-state index < -0.39 is 5.97 Å². The number of ether oxygens (including phenoxy) is 1. The summed E-state index contributed by atoms with van der Waals surface area (Å²) in [6.45, 7) is 3.42. The molecule has 0 aliphatic carbocycles. The Balaban J connectivity index is 2.16. The zero-order valence-electron chi connectivity index (χ0n) is 8.77. The molecule has 4 heteroatoms. The maximum atomic E-state index is 10.9. The van der Waals surface area contributed by atoms with Gasteiger partial charge in [0.2, 0.25) is 0 Å². The number of aromatic nitrogens is 1. The van der Waals surface area contributed by atoms with Gasteiger partial charge in [-0.05, 0) is 31.9 Å². The molecule has 2 heterocycles. The highest BCUT2D eigenvalue weighted by Gasteiger charge is 2.30. The average Bonchev–Trinajstić information content (AvgIpc) is 2.75. The van der Waals surface area contributed by atoms with E-state index in [-0.39, 0.29) is 5.60 Å². The monoisotopic (exact) mass is 209 g/mol. The van der Waals surface area contributed by atoms with Crippen LogP contribution in [0.2, 0.25) is 0 Å². The summed E-state index contributed by atoms with van der Waals surface area (Å²) in [6, 6.07) is 3.36. The zero-order valence-corrected chi connectivity index (χ0v) is 8.77. The summed E-state index contributed by atoms with van der Waals surface area (Å²) in [5.74, 6) is -0.887. The fraction of sp³-hybridized carbons (Fsp3) is 0.545. The van der Waals surface area contributed by atoms with Gasteiger partial charge in [0.05, 0.1) is 12.1 Å². The first-order valence-corrected chi connectivity index (χ1v) is 5.13. The van der Waals surface area contributed by atoms with E-state index in [9.17, 15) is 4.79 Å². The van der Waals surface area contributed by atoms with Crippen LogP contribution in [-0.4, -0.2) is 27.9 Å².